The SMILES string of the molecule is COc1ccc(-c2nnc(SCC(=O)Nc3ccc(S(=O)(=O)C(F)F)cc3)o2)cc1. The van der Waals surface area contributed by atoms with Gasteiger partial charge in [-0.1, -0.05) is 11.8 Å². The monoisotopic (exact) mass is 455 g/mol. The minimum Gasteiger partial charge on any atom is -0.497 e. The summed E-state index contributed by atoms with van der Waals surface area (Å²) in [5.74, 6) is -3.01. The van der Waals surface area contributed by atoms with Crippen molar-refractivity contribution in [2.24, 2.45) is 0 Å². The van der Waals surface area contributed by atoms with Crippen LogP contribution in [0.15, 0.2) is 63.1 Å². The molecular formula is C18H15F2N3O5S2. The molecule has 0 aliphatic carbocycles. The quantitative estimate of drug-likeness (QED) is 0.514. The molecule has 0 bridgehead atoms. The number of nitrogens with zero attached hydrogens (tertiary/aromatic N) is 2. The topological polar surface area (TPSA) is 111 Å². The highest BCUT2D eigenvalue weighted by molar-refractivity contribution is 7.99. The third kappa shape index (κ3) is 5.13. The second-order valence-electron chi connectivity index (χ2n) is 5.77. The second-order valence-corrected chi connectivity index (χ2v) is 8.61. The Labute approximate surface area is 174 Å². The maximum Gasteiger partial charge on any atom is 0.341 e. The van der Waals surface area contributed by atoms with E-state index in [0.717, 1.165) is 23.9 Å². The zero-order valence-electron chi connectivity index (χ0n) is 15.4. The zero-order valence-corrected chi connectivity index (χ0v) is 17.0. The number of nitrogens with one attached hydrogen (secondary N) is 1. The van der Waals surface area contributed by atoms with Crippen molar-refractivity contribution >= 4 is 33.2 Å². The minimum absolute atomic E-state index is 0.0542. The first-order chi connectivity index (χ1) is 14.3. The molecular weight excluding hydrogens is 440 g/mol. The zero-order chi connectivity index (χ0) is 21.7. The first-order valence-electron chi connectivity index (χ1n) is 8.32. The Morgan fingerprint density at radius 1 is 1.13 bits per heavy atom. The van der Waals surface area contributed by atoms with E-state index in [9.17, 15) is 22.0 Å². The molecule has 0 fully saturated rings. The Bertz CT molecular complexity index is 1120. The van der Waals surface area contributed by atoms with Crippen LogP contribution in [0.2, 0.25) is 0 Å². The summed E-state index contributed by atoms with van der Waals surface area (Å²) in [5.41, 5.74) is 0.955. The maximum atomic E-state index is 12.5. The second kappa shape index (κ2) is 9.22. The number of thioether (sulfide) groups is 1. The van der Waals surface area contributed by atoms with Crippen molar-refractivity contribution in [2.45, 2.75) is 15.9 Å². The molecule has 1 amide bonds. The van der Waals surface area contributed by atoms with Crippen molar-refractivity contribution < 1.29 is 31.1 Å². The molecule has 0 spiro atoms. The molecule has 0 saturated carbocycles. The highest BCUT2D eigenvalue weighted by Crippen LogP contribution is 2.25. The predicted octanol–water partition coefficient (Wildman–Crippen LogP) is 3.47. The van der Waals surface area contributed by atoms with Gasteiger partial charge in [0.05, 0.1) is 17.8 Å². The van der Waals surface area contributed by atoms with E-state index in [0.29, 0.717) is 11.3 Å². The number of methoxy groups -OCH3 is 1. The number of aromatic nitrogens is 2. The van der Waals surface area contributed by atoms with E-state index < -0.39 is 26.4 Å². The molecule has 0 aliphatic rings. The summed E-state index contributed by atoms with van der Waals surface area (Å²) in [4.78, 5) is 11.5. The first-order valence-corrected chi connectivity index (χ1v) is 10.9. The molecule has 158 valence electrons. The van der Waals surface area contributed by atoms with Crippen LogP contribution in [0.1, 0.15) is 0 Å². The van der Waals surface area contributed by atoms with Gasteiger partial charge in [-0.15, -0.1) is 10.2 Å². The van der Waals surface area contributed by atoms with Crippen LogP contribution in [0.3, 0.4) is 0 Å². The summed E-state index contributed by atoms with van der Waals surface area (Å²) in [5, 5.41) is 10.5. The lowest BCUT2D eigenvalue weighted by molar-refractivity contribution is -0.113. The van der Waals surface area contributed by atoms with Crippen molar-refractivity contribution in [3.8, 4) is 17.2 Å². The number of carbonyl (C=O) groups is 1. The van der Waals surface area contributed by atoms with Crippen molar-refractivity contribution in [3.05, 3.63) is 48.5 Å². The van der Waals surface area contributed by atoms with Crippen LogP contribution in [0.4, 0.5) is 14.5 Å². The Kier molecular flexibility index (Phi) is 6.67. The molecule has 8 nitrogen and oxygen atoms in total. The summed E-state index contributed by atoms with van der Waals surface area (Å²) < 4.78 is 58.4. The first kappa shape index (κ1) is 21.7. The van der Waals surface area contributed by atoms with Crippen molar-refractivity contribution in [2.75, 3.05) is 18.2 Å². The van der Waals surface area contributed by atoms with Crippen LogP contribution in [0.5, 0.6) is 5.75 Å². The van der Waals surface area contributed by atoms with Crippen LogP contribution in [-0.2, 0) is 14.6 Å². The maximum absolute atomic E-state index is 12.5. The van der Waals surface area contributed by atoms with Gasteiger partial charge in [0.2, 0.25) is 21.6 Å². The Balaban J connectivity index is 1.55. The Morgan fingerprint density at radius 3 is 2.40 bits per heavy atom. The number of sulfone groups is 1. The average molecular weight is 455 g/mol. The highest BCUT2D eigenvalue weighted by Gasteiger charge is 2.26. The molecule has 0 unspecified atom stereocenters. The number of anilines is 1. The van der Waals surface area contributed by atoms with Gasteiger partial charge in [-0.3, -0.25) is 4.79 Å². The van der Waals surface area contributed by atoms with Gasteiger partial charge >= 0.3 is 5.76 Å². The van der Waals surface area contributed by atoms with E-state index in [1.54, 1.807) is 31.4 Å². The van der Waals surface area contributed by atoms with Gasteiger partial charge in [-0.2, -0.15) is 8.78 Å². The Hall–Kier alpha value is -2.99. The van der Waals surface area contributed by atoms with Crippen LogP contribution in [0.25, 0.3) is 11.5 Å². The number of hydrogen-bond acceptors (Lipinski definition) is 8. The average Bonchev–Trinajstić information content (AvgIpc) is 3.22. The van der Waals surface area contributed by atoms with Crippen LogP contribution < -0.4 is 10.1 Å². The van der Waals surface area contributed by atoms with Crippen molar-refractivity contribution in [1.82, 2.24) is 10.2 Å². The standard InChI is InChI=1S/C18H15F2N3O5S2/c1-27-13-6-2-11(3-7-13)16-22-23-18(28-16)29-10-15(24)21-12-4-8-14(9-5-12)30(25,26)17(19)20/h2-9,17H,10H2,1H3,(H,21,24). The molecule has 2 aromatic carbocycles. The van der Waals surface area contributed by atoms with Gasteiger partial charge in [0.1, 0.15) is 5.75 Å². The number of benzene rings is 2. The molecule has 3 rings (SSSR count). The summed E-state index contributed by atoms with van der Waals surface area (Å²) >= 11 is 1.01. The molecule has 0 aliphatic heterocycles. The van der Waals surface area contributed by atoms with E-state index >= 15 is 0 Å². The largest absolute Gasteiger partial charge is 0.497 e. The summed E-state index contributed by atoms with van der Waals surface area (Å²) in [6, 6.07) is 11.5. The smallest absolute Gasteiger partial charge is 0.341 e. The number of amides is 1. The van der Waals surface area contributed by atoms with E-state index in [1.807, 2.05) is 0 Å². The molecule has 0 radical (unpaired) electrons. The van der Waals surface area contributed by atoms with E-state index in [2.05, 4.69) is 15.5 Å². The third-order valence-electron chi connectivity index (χ3n) is 3.77. The third-order valence-corrected chi connectivity index (χ3v) is 5.99. The number of hydrogen-bond donors (Lipinski definition) is 1. The molecule has 12 heteroatoms. The van der Waals surface area contributed by atoms with Gasteiger partial charge in [-0.25, -0.2) is 8.42 Å². The molecule has 1 heterocycles. The van der Waals surface area contributed by atoms with Crippen LogP contribution >= 0.6 is 11.8 Å². The van der Waals surface area contributed by atoms with E-state index in [1.165, 1.54) is 12.1 Å². The molecule has 30 heavy (non-hydrogen) atoms. The molecule has 1 N–H and O–H groups in total. The lowest BCUT2D eigenvalue weighted by Crippen LogP contribution is -2.15. The van der Waals surface area contributed by atoms with Crippen LogP contribution in [-0.4, -0.2) is 43.1 Å². The van der Waals surface area contributed by atoms with Gasteiger partial charge < -0.3 is 14.5 Å². The van der Waals surface area contributed by atoms with Crippen LogP contribution in [0, 0.1) is 0 Å². The molecule has 0 atom stereocenters. The van der Waals surface area contributed by atoms with Gasteiger partial charge in [0.15, 0.2) is 0 Å². The highest BCUT2D eigenvalue weighted by atomic mass is 32.2. The fourth-order valence-corrected chi connectivity index (χ4v) is 3.56. The van der Waals surface area contributed by atoms with E-state index in [4.69, 9.17) is 9.15 Å². The molecule has 0 saturated heterocycles. The minimum atomic E-state index is -4.68. The predicted molar refractivity (Wildman–Crippen MR) is 105 cm³/mol. The fraction of sp³-hybridized carbons (Fsp3) is 0.167. The lowest BCUT2D eigenvalue weighted by atomic mass is 10.2. The van der Waals surface area contributed by atoms with Gasteiger partial charge in [0, 0.05) is 11.3 Å². The summed E-state index contributed by atoms with van der Waals surface area (Å²) in [6.45, 7) is 0. The normalized spacial score (nSPS) is 11.5. The lowest BCUT2D eigenvalue weighted by Gasteiger charge is -2.06. The number of carbonyl (C=O) groups excluding carboxylic acids is 1. The number of halogens is 2. The number of ether oxygens (including phenoxy) is 1. The number of rotatable bonds is 8. The number of alkyl halides is 2. The summed E-state index contributed by atoms with van der Waals surface area (Å²) in [7, 11) is -3.12. The molecule has 3 aromatic rings. The summed E-state index contributed by atoms with van der Waals surface area (Å²) in [6.07, 6.45) is 0. The van der Waals surface area contributed by atoms with Gasteiger partial charge in [0.25, 0.3) is 5.22 Å². The van der Waals surface area contributed by atoms with Crippen molar-refractivity contribution in [3.63, 3.8) is 0 Å². The van der Waals surface area contributed by atoms with Gasteiger partial charge in [-0.05, 0) is 48.5 Å². The molecule has 1 aromatic heterocycles. The van der Waals surface area contributed by atoms with Crippen molar-refractivity contribution in [1.29, 1.82) is 0 Å². The van der Waals surface area contributed by atoms with E-state index in [-0.39, 0.29) is 22.6 Å². The Morgan fingerprint density at radius 2 is 1.80 bits per heavy atom. The fourth-order valence-electron chi connectivity index (χ4n) is 2.27.